The van der Waals surface area contributed by atoms with Crippen molar-refractivity contribution in [3.05, 3.63) is 18.2 Å². The van der Waals surface area contributed by atoms with Crippen LogP contribution in [0.4, 0.5) is 11.4 Å². The second kappa shape index (κ2) is 4.52. The number of hydrogen-bond donors (Lipinski definition) is 2. The number of nitrogens with two attached hydrogens (primary N) is 1. The highest BCUT2D eigenvalue weighted by molar-refractivity contribution is 5.97. The fourth-order valence-corrected chi connectivity index (χ4v) is 2.20. The maximum atomic E-state index is 12.1. The van der Waals surface area contributed by atoms with Crippen molar-refractivity contribution < 1.29 is 9.53 Å². The Morgan fingerprint density at radius 3 is 2.89 bits per heavy atom. The van der Waals surface area contributed by atoms with Crippen LogP contribution in [0.15, 0.2) is 18.2 Å². The van der Waals surface area contributed by atoms with Gasteiger partial charge in [0.25, 0.3) is 0 Å². The van der Waals surface area contributed by atoms with Gasteiger partial charge in [-0.25, -0.2) is 0 Å². The summed E-state index contributed by atoms with van der Waals surface area (Å²) in [5, 5.41) is 2.89. The number of amides is 1. The molecule has 1 aromatic carbocycles. The van der Waals surface area contributed by atoms with E-state index in [4.69, 9.17) is 10.5 Å². The number of ether oxygens (including phenoxy) is 1. The van der Waals surface area contributed by atoms with Crippen molar-refractivity contribution >= 4 is 17.3 Å². The van der Waals surface area contributed by atoms with Crippen LogP contribution in [-0.4, -0.2) is 13.0 Å². The first-order valence-electron chi connectivity index (χ1n) is 6.24. The number of rotatable bonds is 4. The van der Waals surface area contributed by atoms with E-state index in [0.29, 0.717) is 17.1 Å². The monoisotopic (exact) mass is 248 g/mol. The second-order valence-electron chi connectivity index (χ2n) is 5.21. The molecule has 1 aliphatic rings. The number of anilines is 2. The molecule has 2 rings (SSSR count). The van der Waals surface area contributed by atoms with Crippen LogP contribution >= 0.6 is 0 Å². The number of nitrogens with one attached hydrogen (secondary N) is 1. The van der Waals surface area contributed by atoms with Crippen LogP contribution in [0, 0.1) is 11.3 Å². The minimum absolute atomic E-state index is 0.0549. The zero-order valence-electron chi connectivity index (χ0n) is 11.1. The van der Waals surface area contributed by atoms with Gasteiger partial charge in [-0.05, 0) is 30.4 Å². The molecule has 18 heavy (non-hydrogen) atoms. The third kappa shape index (κ3) is 2.28. The van der Waals surface area contributed by atoms with E-state index in [2.05, 4.69) is 19.2 Å². The lowest BCUT2D eigenvalue weighted by molar-refractivity contribution is -0.118. The van der Waals surface area contributed by atoms with Crippen molar-refractivity contribution in [3.8, 4) is 5.75 Å². The number of carbonyl (C=O) groups is 1. The normalized spacial score (nSPS) is 25.6. The molecule has 4 nitrogen and oxygen atoms in total. The first-order chi connectivity index (χ1) is 8.50. The third-order valence-corrected chi connectivity index (χ3v) is 3.99. The predicted octanol–water partition coefficient (Wildman–Crippen LogP) is 2.65. The number of nitrogen functional groups attached to an aromatic ring is 1. The zero-order chi connectivity index (χ0) is 13.3. The van der Waals surface area contributed by atoms with Crippen LogP contribution in [0.3, 0.4) is 0 Å². The number of carbonyl (C=O) groups excluding carboxylic acids is 1. The predicted molar refractivity (Wildman–Crippen MR) is 72.5 cm³/mol. The molecule has 0 bridgehead atoms. The van der Waals surface area contributed by atoms with E-state index in [1.807, 2.05) is 0 Å². The summed E-state index contributed by atoms with van der Waals surface area (Å²) in [5.41, 5.74) is 7.19. The summed E-state index contributed by atoms with van der Waals surface area (Å²) >= 11 is 0. The van der Waals surface area contributed by atoms with Crippen LogP contribution in [0.5, 0.6) is 5.75 Å². The molecule has 2 atom stereocenters. The van der Waals surface area contributed by atoms with E-state index < -0.39 is 0 Å². The summed E-state index contributed by atoms with van der Waals surface area (Å²) in [5.74, 6) is 0.848. The van der Waals surface area contributed by atoms with Gasteiger partial charge in [0.2, 0.25) is 5.91 Å². The van der Waals surface area contributed by atoms with Gasteiger partial charge in [0.05, 0.1) is 18.5 Å². The maximum absolute atomic E-state index is 12.1. The molecule has 0 aromatic heterocycles. The number of benzene rings is 1. The van der Waals surface area contributed by atoms with Crippen LogP contribution in [0.25, 0.3) is 0 Å². The van der Waals surface area contributed by atoms with Gasteiger partial charge in [0.1, 0.15) is 5.75 Å². The average Bonchev–Trinajstić information content (AvgIpc) is 3.05. The smallest absolute Gasteiger partial charge is 0.228 e. The molecule has 1 saturated carbocycles. The molecule has 1 aromatic rings. The van der Waals surface area contributed by atoms with Crippen molar-refractivity contribution in [3.63, 3.8) is 0 Å². The lowest BCUT2D eigenvalue weighted by Gasteiger charge is -2.11. The first-order valence-corrected chi connectivity index (χ1v) is 6.24. The summed E-state index contributed by atoms with van der Waals surface area (Å²) in [7, 11) is 1.59. The Hall–Kier alpha value is -1.71. The molecule has 1 aliphatic carbocycles. The molecule has 0 spiro atoms. The van der Waals surface area contributed by atoms with E-state index in [1.54, 1.807) is 25.3 Å². The van der Waals surface area contributed by atoms with Crippen LogP contribution in [-0.2, 0) is 4.79 Å². The second-order valence-corrected chi connectivity index (χ2v) is 5.21. The number of hydrogen-bond acceptors (Lipinski definition) is 3. The van der Waals surface area contributed by atoms with E-state index in [9.17, 15) is 4.79 Å². The van der Waals surface area contributed by atoms with E-state index >= 15 is 0 Å². The summed E-state index contributed by atoms with van der Waals surface area (Å²) < 4.78 is 5.12. The van der Waals surface area contributed by atoms with Gasteiger partial charge >= 0.3 is 0 Å². The molecule has 0 saturated heterocycles. The van der Waals surface area contributed by atoms with Gasteiger partial charge in [0, 0.05) is 12.0 Å². The van der Waals surface area contributed by atoms with E-state index in [0.717, 1.165) is 12.8 Å². The largest absolute Gasteiger partial charge is 0.497 e. The highest BCUT2D eigenvalue weighted by Crippen LogP contribution is 2.55. The summed E-state index contributed by atoms with van der Waals surface area (Å²) in [6, 6.07) is 5.26. The van der Waals surface area contributed by atoms with Gasteiger partial charge in [-0.15, -0.1) is 0 Å². The molecule has 0 radical (unpaired) electrons. The highest BCUT2D eigenvalue weighted by Gasteiger charge is 2.52. The molecule has 3 N–H and O–H groups in total. The summed E-state index contributed by atoms with van der Waals surface area (Å²) in [6.07, 6.45) is 1.98. The van der Waals surface area contributed by atoms with Crippen LogP contribution in [0.1, 0.15) is 26.7 Å². The quantitative estimate of drug-likeness (QED) is 0.805. The highest BCUT2D eigenvalue weighted by atomic mass is 16.5. The molecule has 2 unspecified atom stereocenters. The summed E-state index contributed by atoms with van der Waals surface area (Å²) in [6.45, 7) is 4.26. The van der Waals surface area contributed by atoms with Crippen molar-refractivity contribution in [2.75, 3.05) is 18.2 Å². The van der Waals surface area contributed by atoms with E-state index in [-0.39, 0.29) is 17.2 Å². The van der Waals surface area contributed by atoms with Gasteiger partial charge in [0.15, 0.2) is 0 Å². The Morgan fingerprint density at radius 1 is 1.61 bits per heavy atom. The molecule has 1 amide bonds. The van der Waals surface area contributed by atoms with Gasteiger partial charge in [-0.1, -0.05) is 13.8 Å². The van der Waals surface area contributed by atoms with Crippen LogP contribution < -0.4 is 15.8 Å². The Labute approximate surface area is 108 Å². The van der Waals surface area contributed by atoms with Crippen molar-refractivity contribution in [1.29, 1.82) is 0 Å². The Balaban J connectivity index is 2.08. The molecular weight excluding hydrogens is 228 g/mol. The molecule has 0 aliphatic heterocycles. The topological polar surface area (TPSA) is 64.3 Å². The average molecular weight is 248 g/mol. The minimum Gasteiger partial charge on any atom is -0.497 e. The lowest BCUT2D eigenvalue weighted by Crippen LogP contribution is -2.18. The zero-order valence-corrected chi connectivity index (χ0v) is 11.1. The minimum atomic E-state index is 0.0549. The van der Waals surface area contributed by atoms with Crippen LogP contribution in [0.2, 0.25) is 0 Å². The number of methoxy groups -OCH3 is 1. The first kappa shape index (κ1) is 12.7. The van der Waals surface area contributed by atoms with E-state index in [1.165, 1.54) is 0 Å². The fourth-order valence-electron chi connectivity index (χ4n) is 2.20. The van der Waals surface area contributed by atoms with Gasteiger partial charge < -0.3 is 15.8 Å². The van der Waals surface area contributed by atoms with Gasteiger partial charge in [-0.3, -0.25) is 4.79 Å². The molecule has 1 fully saturated rings. The maximum Gasteiger partial charge on any atom is 0.228 e. The SMILES string of the molecule is CCC1(C)CC1C(=O)Nc1cc(OC)ccc1N. The Morgan fingerprint density at radius 2 is 2.33 bits per heavy atom. The Bertz CT molecular complexity index is 473. The lowest BCUT2D eigenvalue weighted by atomic mass is 10.0. The summed E-state index contributed by atoms with van der Waals surface area (Å²) in [4.78, 5) is 12.1. The van der Waals surface area contributed by atoms with Gasteiger partial charge in [-0.2, -0.15) is 0 Å². The Kier molecular flexibility index (Phi) is 3.20. The molecular formula is C14H20N2O2. The third-order valence-electron chi connectivity index (χ3n) is 3.99. The standard InChI is InChI=1S/C14H20N2O2/c1-4-14(2)8-10(14)13(17)16-12-7-9(18-3)5-6-11(12)15/h5-7,10H,4,8,15H2,1-3H3,(H,16,17). The van der Waals surface area contributed by atoms with Crippen molar-refractivity contribution in [2.24, 2.45) is 11.3 Å². The van der Waals surface area contributed by atoms with Crippen molar-refractivity contribution in [1.82, 2.24) is 0 Å². The molecule has 0 heterocycles. The molecule has 98 valence electrons. The fraction of sp³-hybridized carbons (Fsp3) is 0.500. The van der Waals surface area contributed by atoms with Crippen molar-refractivity contribution in [2.45, 2.75) is 26.7 Å². The molecule has 4 heteroatoms.